The molecule has 0 aliphatic rings. The normalized spacial score (nSPS) is 13.2. The average molecular weight is 308 g/mol. The molecule has 0 saturated carbocycles. The zero-order chi connectivity index (χ0) is 15.3. The number of ether oxygens (including phenoxy) is 2. The minimum absolute atomic E-state index is 0.0262. The van der Waals surface area contributed by atoms with E-state index in [0.29, 0.717) is 0 Å². The largest absolute Gasteiger partial charge is 0.492 e. The van der Waals surface area contributed by atoms with Crippen molar-refractivity contribution < 1.29 is 27.4 Å². The number of aliphatic hydroxyl groups is 1. The van der Waals surface area contributed by atoms with E-state index in [0.717, 1.165) is 12.1 Å². The lowest BCUT2D eigenvalue weighted by Crippen LogP contribution is -2.34. The molecule has 1 rings (SSSR count). The Morgan fingerprint density at radius 1 is 1.45 bits per heavy atom. The summed E-state index contributed by atoms with van der Waals surface area (Å²) in [5.41, 5.74) is 5.37. The molecule has 0 fully saturated rings. The van der Waals surface area contributed by atoms with Crippen molar-refractivity contribution in [2.45, 2.75) is 11.0 Å². The van der Waals surface area contributed by atoms with Gasteiger partial charge >= 0.3 is 0 Å². The molecular formula is C11H17FN2O5S. The number of halogens is 1. The highest BCUT2D eigenvalue weighted by atomic mass is 32.2. The fourth-order valence-electron chi connectivity index (χ4n) is 1.50. The fraction of sp³-hybridized carbons (Fsp3) is 0.455. The van der Waals surface area contributed by atoms with Gasteiger partial charge in [-0.3, -0.25) is 0 Å². The summed E-state index contributed by atoms with van der Waals surface area (Å²) >= 11 is 0. The first-order valence-corrected chi connectivity index (χ1v) is 7.09. The number of benzene rings is 1. The number of aliphatic hydroxyl groups excluding tert-OH is 1. The van der Waals surface area contributed by atoms with Crippen LogP contribution >= 0.6 is 0 Å². The molecule has 0 amide bonds. The minimum Gasteiger partial charge on any atom is -0.492 e. The molecular weight excluding hydrogens is 291 g/mol. The number of nitrogen functional groups attached to an aromatic ring is 1. The highest BCUT2D eigenvalue weighted by Crippen LogP contribution is 2.28. The van der Waals surface area contributed by atoms with Crippen LogP contribution < -0.4 is 15.2 Å². The maximum absolute atomic E-state index is 13.6. The Kier molecular flexibility index (Phi) is 5.69. The van der Waals surface area contributed by atoms with Crippen LogP contribution in [-0.4, -0.2) is 47.0 Å². The van der Waals surface area contributed by atoms with Crippen molar-refractivity contribution in [3.05, 3.63) is 17.9 Å². The first-order chi connectivity index (χ1) is 9.31. The van der Waals surface area contributed by atoms with Gasteiger partial charge in [-0.25, -0.2) is 17.5 Å². The van der Waals surface area contributed by atoms with Gasteiger partial charge in [0.15, 0.2) is 11.6 Å². The molecule has 1 unspecified atom stereocenters. The van der Waals surface area contributed by atoms with Gasteiger partial charge in [0.25, 0.3) is 0 Å². The van der Waals surface area contributed by atoms with Crippen LogP contribution in [0.5, 0.6) is 5.75 Å². The quantitative estimate of drug-likeness (QED) is 0.597. The molecule has 0 aliphatic heterocycles. The van der Waals surface area contributed by atoms with Crippen molar-refractivity contribution in [1.29, 1.82) is 0 Å². The third-order valence-electron chi connectivity index (χ3n) is 2.43. The van der Waals surface area contributed by atoms with Crippen LogP contribution in [0.15, 0.2) is 17.0 Å². The number of hydrogen-bond donors (Lipinski definition) is 3. The second kappa shape index (κ2) is 6.84. The molecule has 1 aromatic carbocycles. The summed E-state index contributed by atoms with van der Waals surface area (Å²) in [6.07, 6.45) is -1.00. The van der Waals surface area contributed by atoms with Gasteiger partial charge in [0.2, 0.25) is 10.0 Å². The molecule has 0 radical (unpaired) electrons. The SMILES string of the molecule is COCC(O)CNS(=O)(=O)c1cc(N)c(OC)c(F)c1. The predicted octanol–water partition coefficient (Wildman–Crippen LogP) is -0.298. The van der Waals surface area contributed by atoms with E-state index in [4.69, 9.17) is 10.5 Å². The van der Waals surface area contributed by atoms with Crippen LogP contribution in [0.2, 0.25) is 0 Å². The highest BCUT2D eigenvalue weighted by Gasteiger charge is 2.20. The minimum atomic E-state index is -3.98. The second-order valence-electron chi connectivity index (χ2n) is 3.99. The summed E-state index contributed by atoms with van der Waals surface area (Å²) in [4.78, 5) is -0.349. The molecule has 0 saturated heterocycles. The number of anilines is 1. The number of rotatable bonds is 7. The molecule has 0 heterocycles. The Hall–Kier alpha value is -1.42. The number of methoxy groups -OCH3 is 2. The summed E-state index contributed by atoms with van der Waals surface area (Å²) in [5, 5.41) is 9.38. The fourth-order valence-corrected chi connectivity index (χ4v) is 2.62. The lowest BCUT2D eigenvalue weighted by molar-refractivity contribution is 0.0679. The lowest BCUT2D eigenvalue weighted by Gasteiger charge is -2.13. The van der Waals surface area contributed by atoms with Crippen LogP contribution in [0, 0.1) is 5.82 Å². The van der Waals surface area contributed by atoms with E-state index >= 15 is 0 Å². The van der Waals surface area contributed by atoms with E-state index in [1.54, 1.807) is 0 Å². The van der Waals surface area contributed by atoms with Gasteiger partial charge in [-0.1, -0.05) is 0 Å². The summed E-state index contributed by atoms with van der Waals surface area (Å²) in [7, 11) is -1.39. The van der Waals surface area contributed by atoms with E-state index in [1.165, 1.54) is 14.2 Å². The summed E-state index contributed by atoms with van der Waals surface area (Å²) in [6.45, 7) is -0.286. The second-order valence-corrected chi connectivity index (χ2v) is 5.76. The van der Waals surface area contributed by atoms with E-state index in [-0.39, 0.29) is 29.5 Å². The van der Waals surface area contributed by atoms with Gasteiger partial charge in [-0.2, -0.15) is 0 Å². The van der Waals surface area contributed by atoms with Crippen molar-refractivity contribution in [3.8, 4) is 5.75 Å². The molecule has 1 aromatic rings. The summed E-state index contributed by atoms with van der Waals surface area (Å²) in [5.74, 6) is -1.10. The summed E-state index contributed by atoms with van der Waals surface area (Å²) < 4.78 is 48.9. The third kappa shape index (κ3) is 4.04. The van der Waals surface area contributed by atoms with Crippen LogP contribution in [0.3, 0.4) is 0 Å². The Morgan fingerprint density at radius 2 is 2.10 bits per heavy atom. The van der Waals surface area contributed by atoms with Gasteiger partial charge in [0.05, 0.1) is 30.4 Å². The van der Waals surface area contributed by atoms with E-state index in [1.807, 2.05) is 0 Å². The molecule has 0 aliphatic carbocycles. The molecule has 20 heavy (non-hydrogen) atoms. The Bertz CT molecular complexity index is 541. The molecule has 0 aromatic heterocycles. The standard InChI is InChI=1S/C11H17FN2O5S/c1-18-6-7(15)5-14-20(16,17)8-3-9(12)11(19-2)10(13)4-8/h3-4,7,14-15H,5-6,13H2,1-2H3. The zero-order valence-electron chi connectivity index (χ0n) is 11.1. The molecule has 4 N–H and O–H groups in total. The topological polar surface area (TPSA) is 111 Å². The van der Waals surface area contributed by atoms with Crippen molar-refractivity contribution in [2.75, 3.05) is 33.1 Å². The van der Waals surface area contributed by atoms with Crippen LogP contribution in [0.25, 0.3) is 0 Å². The molecule has 1 atom stereocenters. The molecule has 0 spiro atoms. The maximum Gasteiger partial charge on any atom is 0.240 e. The molecule has 9 heteroatoms. The van der Waals surface area contributed by atoms with Gasteiger partial charge in [0, 0.05) is 13.7 Å². The number of nitrogens with one attached hydrogen (secondary N) is 1. The van der Waals surface area contributed by atoms with E-state index in [2.05, 4.69) is 9.46 Å². The maximum atomic E-state index is 13.6. The Morgan fingerprint density at radius 3 is 2.60 bits per heavy atom. The molecule has 0 bridgehead atoms. The summed E-state index contributed by atoms with van der Waals surface area (Å²) in [6, 6.07) is 1.87. The number of hydrogen-bond acceptors (Lipinski definition) is 6. The Labute approximate surface area is 116 Å². The van der Waals surface area contributed by atoms with E-state index in [9.17, 15) is 17.9 Å². The number of nitrogens with two attached hydrogens (primary N) is 1. The lowest BCUT2D eigenvalue weighted by atomic mass is 10.3. The van der Waals surface area contributed by atoms with Crippen LogP contribution in [-0.2, 0) is 14.8 Å². The highest BCUT2D eigenvalue weighted by molar-refractivity contribution is 7.89. The van der Waals surface area contributed by atoms with Gasteiger partial charge in [-0.05, 0) is 12.1 Å². The van der Waals surface area contributed by atoms with Crippen molar-refractivity contribution in [2.24, 2.45) is 0 Å². The first-order valence-electron chi connectivity index (χ1n) is 5.61. The van der Waals surface area contributed by atoms with Gasteiger partial charge in [0.1, 0.15) is 0 Å². The van der Waals surface area contributed by atoms with Gasteiger partial charge in [-0.15, -0.1) is 0 Å². The zero-order valence-corrected chi connectivity index (χ0v) is 11.9. The van der Waals surface area contributed by atoms with E-state index < -0.39 is 21.9 Å². The first kappa shape index (κ1) is 16.6. The molecule has 7 nitrogen and oxygen atoms in total. The van der Waals surface area contributed by atoms with Crippen molar-refractivity contribution in [3.63, 3.8) is 0 Å². The van der Waals surface area contributed by atoms with Crippen molar-refractivity contribution in [1.82, 2.24) is 4.72 Å². The van der Waals surface area contributed by atoms with Crippen LogP contribution in [0.4, 0.5) is 10.1 Å². The molecule has 114 valence electrons. The average Bonchev–Trinajstić information content (AvgIpc) is 2.36. The van der Waals surface area contributed by atoms with Gasteiger partial charge < -0.3 is 20.3 Å². The smallest absolute Gasteiger partial charge is 0.240 e. The Balaban J connectivity index is 2.93. The number of sulfonamides is 1. The predicted molar refractivity (Wildman–Crippen MR) is 70.4 cm³/mol. The monoisotopic (exact) mass is 308 g/mol. The van der Waals surface area contributed by atoms with Crippen molar-refractivity contribution >= 4 is 15.7 Å². The third-order valence-corrected chi connectivity index (χ3v) is 3.83. The van der Waals surface area contributed by atoms with Crippen LogP contribution in [0.1, 0.15) is 0 Å².